The molecule has 0 heterocycles. The summed E-state index contributed by atoms with van der Waals surface area (Å²) in [6.07, 6.45) is 5.96. The number of rotatable bonds is 4. The molecule has 7 heteroatoms. The summed E-state index contributed by atoms with van der Waals surface area (Å²) < 4.78 is 27.4. The van der Waals surface area contributed by atoms with Gasteiger partial charge >= 0.3 is 0 Å². The quantitative estimate of drug-likeness (QED) is 0.583. The molecule has 1 aromatic carbocycles. The topological polar surface area (TPSA) is 92.4 Å². The zero-order valence-corrected chi connectivity index (χ0v) is 13.0. The largest absolute Gasteiger partial charge is 0.506 e. The number of phenols is 1. The molecule has 2 unspecified atom stereocenters. The summed E-state index contributed by atoms with van der Waals surface area (Å²) in [5.41, 5.74) is 5.62. The van der Waals surface area contributed by atoms with Crippen molar-refractivity contribution in [2.24, 2.45) is 0 Å². The Kier molecular flexibility index (Phi) is 4.82. The Morgan fingerprint density at radius 1 is 1.40 bits per heavy atom. The third-order valence-corrected chi connectivity index (χ3v) is 6.20. The van der Waals surface area contributed by atoms with Gasteiger partial charge in [-0.3, -0.25) is 0 Å². The van der Waals surface area contributed by atoms with Crippen LogP contribution in [0.3, 0.4) is 0 Å². The SMILES string of the molecule is CSC1CCCC(NS(=O)(=O)c2ccc(O)c(N)c2)C1. The number of anilines is 1. The standard InChI is InChI=1S/C13H20N2O3S2/c1-19-10-4-2-3-9(7-10)15-20(17,18)11-5-6-13(16)12(14)8-11/h5-6,8-10,15-16H,2-4,7,14H2,1H3. The minimum Gasteiger partial charge on any atom is -0.506 e. The molecule has 1 aliphatic carbocycles. The van der Waals surface area contributed by atoms with Crippen LogP contribution in [0.5, 0.6) is 5.75 Å². The molecule has 1 aromatic rings. The molecular weight excluding hydrogens is 296 g/mol. The molecule has 4 N–H and O–H groups in total. The van der Waals surface area contributed by atoms with Gasteiger partial charge in [0, 0.05) is 11.3 Å². The second-order valence-electron chi connectivity index (χ2n) is 5.06. The molecule has 0 saturated heterocycles. The summed E-state index contributed by atoms with van der Waals surface area (Å²) >= 11 is 1.79. The highest BCUT2D eigenvalue weighted by molar-refractivity contribution is 7.99. The predicted molar refractivity (Wildman–Crippen MR) is 82.4 cm³/mol. The van der Waals surface area contributed by atoms with Gasteiger partial charge in [-0.1, -0.05) is 6.42 Å². The van der Waals surface area contributed by atoms with Crippen LogP contribution >= 0.6 is 11.8 Å². The fourth-order valence-electron chi connectivity index (χ4n) is 2.45. The Morgan fingerprint density at radius 2 is 2.15 bits per heavy atom. The van der Waals surface area contributed by atoms with Crippen molar-refractivity contribution in [1.82, 2.24) is 4.72 Å². The number of hydrogen-bond acceptors (Lipinski definition) is 5. The van der Waals surface area contributed by atoms with Crippen molar-refractivity contribution in [1.29, 1.82) is 0 Å². The fraction of sp³-hybridized carbons (Fsp3) is 0.538. The van der Waals surface area contributed by atoms with Crippen LogP contribution in [0.15, 0.2) is 23.1 Å². The molecule has 0 aromatic heterocycles. The lowest BCUT2D eigenvalue weighted by Gasteiger charge is -2.28. The number of benzene rings is 1. The molecule has 112 valence electrons. The molecular formula is C13H20N2O3S2. The van der Waals surface area contributed by atoms with E-state index in [1.54, 1.807) is 11.8 Å². The molecule has 0 spiro atoms. The van der Waals surface area contributed by atoms with Gasteiger partial charge in [0.05, 0.1) is 10.6 Å². The Balaban J connectivity index is 2.12. The lowest BCUT2D eigenvalue weighted by molar-refractivity contribution is 0.420. The molecule has 1 saturated carbocycles. The fourth-order valence-corrected chi connectivity index (χ4v) is 4.60. The smallest absolute Gasteiger partial charge is 0.240 e. The van der Waals surface area contributed by atoms with Crippen LogP contribution in [0.4, 0.5) is 5.69 Å². The zero-order valence-electron chi connectivity index (χ0n) is 11.4. The number of hydrogen-bond donors (Lipinski definition) is 3. The van der Waals surface area contributed by atoms with Crippen LogP contribution in [0.1, 0.15) is 25.7 Å². The Bertz CT molecular complexity index is 575. The summed E-state index contributed by atoms with van der Waals surface area (Å²) in [5.74, 6) is -0.107. The third kappa shape index (κ3) is 3.59. The highest BCUT2D eigenvalue weighted by Gasteiger charge is 2.26. The van der Waals surface area contributed by atoms with Gasteiger partial charge in [0.15, 0.2) is 0 Å². The highest BCUT2D eigenvalue weighted by atomic mass is 32.2. The summed E-state index contributed by atoms with van der Waals surface area (Å²) in [6.45, 7) is 0. The Labute approximate surface area is 124 Å². The molecule has 20 heavy (non-hydrogen) atoms. The zero-order chi connectivity index (χ0) is 14.8. The highest BCUT2D eigenvalue weighted by Crippen LogP contribution is 2.28. The second-order valence-corrected chi connectivity index (χ2v) is 7.92. The van der Waals surface area contributed by atoms with Gasteiger partial charge in [0.25, 0.3) is 0 Å². The van der Waals surface area contributed by atoms with E-state index in [4.69, 9.17) is 5.73 Å². The first kappa shape index (κ1) is 15.5. The first-order valence-corrected chi connectivity index (χ1v) is 9.33. The number of nitrogens with one attached hydrogen (secondary N) is 1. The van der Waals surface area contributed by atoms with Gasteiger partial charge < -0.3 is 10.8 Å². The molecule has 0 amide bonds. The maximum atomic E-state index is 12.3. The van der Waals surface area contributed by atoms with Crippen molar-refractivity contribution in [3.8, 4) is 5.75 Å². The molecule has 0 radical (unpaired) electrons. The Hall–Kier alpha value is -0.920. The molecule has 1 fully saturated rings. The molecule has 2 rings (SSSR count). The van der Waals surface area contributed by atoms with Gasteiger partial charge in [-0.05, 0) is 43.7 Å². The van der Waals surface area contributed by atoms with Crippen LogP contribution in [-0.4, -0.2) is 31.1 Å². The first-order chi connectivity index (χ1) is 9.42. The van der Waals surface area contributed by atoms with Gasteiger partial charge in [0.2, 0.25) is 10.0 Å². The van der Waals surface area contributed by atoms with E-state index in [-0.39, 0.29) is 22.4 Å². The van der Waals surface area contributed by atoms with Crippen molar-refractivity contribution in [2.45, 2.75) is 41.9 Å². The number of thioether (sulfide) groups is 1. The molecule has 1 aliphatic rings. The lowest BCUT2D eigenvalue weighted by Crippen LogP contribution is -2.39. The predicted octanol–water partition coefficient (Wildman–Crippen LogP) is 1.93. The van der Waals surface area contributed by atoms with Gasteiger partial charge in [-0.2, -0.15) is 11.8 Å². The number of aromatic hydroxyl groups is 1. The van der Waals surface area contributed by atoms with Gasteiger partial charge in [-0.25, -0.2) is 13.1 Å². The van der Waals surface area contributed by atoms with Crippen molar-refractivity contribution in [3.63, 3.8) is 0 Å². The maximum Gasteiger partial charge on any atom is 0.240 e. The van der Waals surface area contributed by atoms with E-state index in [0.29, 0.717) is 5.25 Å². The van der Waals surface area contributed by atoms with E-state index in [9.17, 15) is 13.5 Å². The van der Waals surface area contributed by atoms with Gasteiger partial charge in [0.1, 0.15) is 5.75 Å². The maximum absolute atomic E-state index is 12.3. The van der Waals surface area contributed by atoms with E-state index in [1.807, 2.05) is 0 Å². The van der Waals surface area contributed by atoms with E-state index >= 15 is 0 Å². The Morgan fingerprint density at radius 3 is 2.80 bits per heavy atom. The second kappa shape index (κ2) is 6.24. The first-order valence-electron chi connectivity index (χ1n) is 6.56. The van der Waals surface area contributed by atoms with Crippen LogP contribution in [0.25, 0.3) is 0 Å². The van der Waals surface area contributed by atoms with Crippen LogP contribution < -0.4 is 10.5 Å². The number of phenolic OH excluding ortho intramolecular Hbond substituents is 1. The summed E-state index contributed by atoms with van der Waals surface area (Å²) in [7, 11) is -3.58. The molecule has 5 nitrogen and oxygen atoms in total. The van der Waals surface area contributed by atoms with Crippen LogP contribution in [-0.2, 0) is 10.0 Å². The average Bonchev–Trinajstić information content (AvgIpc) is 2.41. The number of sulfonamides is 1. The van der Waals surface area contributed by atoms with Crippen LogP contribution in [0.2, 0.25) is 0 Å². The van der Waals surface area contributed by atoms with Crippen molar-refractivity contribution >= 4 is 27.5 Å². The van der Waals surface area contributed by atoms with E-state index in [2.05, 4.69) is 11.0 Å². The summed E-state index contributed by atoms with van der Waals surface area (Å²) in [4.78, 5) is 0.0964. The number of nitrogens with two attached hydrogens (primary N) is 1. The number of nitrogen functional groups attached to an aromatic ring is 1. The molecule has 2 atom stereocenters. The average molecular weight is 316 g/mol. The minimum absolute atomic E-state index is 0.0266. The van der Waals surface area contributed by atoms with Crippen LogP contribution in [0, 0.1) is 0 Å². The van der Waals surface area contributed by atoms with Gasteiger partial charge in [-0.15, -0.1) is 0 Å². The lowest BCUT2D eigenvalue weighted by atomic mass is 9.96. The third-order valence-electron chi connectivity index (χ3n) is 3.59. The van der Waals surface area contributed by atoms with Crippen molar-refractivity contribution in [3.05, 3.63) is 18.2 Å². The minimum atomic E-state index is -3.58. The van der Waals surface area contributed by atoms with Crippen molar-refractivity contribution < 1.29 is 13.5 Å². The summed E-state index contributed by atoms with van der Waals surface area (Å²) in [5, 5.41) is 9.87. The molecule has 0 aliphatic heterocycles. The summed E-state index contributed by atoms with van der Waals surface area (Å²) in [6, 6.07) is 3.92. The van der Waals surface area contributed by atoms with E-state index < -0.39 is 10.0 Å². The normalized spacial score (nSPS) is 23.6. The monoisotopic (exact) mass is 316 g/mol. The molecule has 0 bridgehead atoms. The van der Waals surface area contributed by atoms with Crippen molar-refractivity contribution in [2.75, 3.05) is 12.0 Å². The van der Waals surface area contributed by atoms with E-state index in [1.165, 1.54) is 18.2 Å². The van der Waals surface area contributed by atoms with E-state index in [0.717, 1.165) is 25.7 Å².